The van der Waals surface area contributed by atoms with Crippen molar-refractivity contribution in [2.24, 2.45) is 0 Å². The van der Waals surface area contributed by atoms with E-state index in [1.807, 2.05) is 30.3 Å². The van der Waals surface area contributed by atoms with Gasteiger partial charge in [0, 0.05) is 11.6 Å². The number of nitro benzene ring substituents is 1. The molecule has 0 aliphatic heterocycles. The van der Waals surface area contributed by atoms with Crippen LogP contribution in [0, 0.1) is 10.1 Å². The Hall–Kier alpha value is -3.60. The molecule has 0 bridgehead atoms. The Kier molecular flexibility index (Phi) is 3.28. The lowest BCUT2D eigenvalue weighted by Crippen LogP contribution is -2.09. The lowest BCUT2D eigenvalue weighted by Gasteiger charge is -2.13. The maximum atomic E-state index is 12.3. The lowest BCUT2D eigenvalue weighted by atomic mass is 9.89. The Labute approximate surface area is 142 Å². The minimum absolute atomic E-state index is 0.0556. The van der Waals surface area contributed by atoms with E-state index in [2.05, 4.69) is 0 Å². The van der Waals surface area contributed by atoms with Crippen molar-refractivity contribution in [3.05, 3.63) is 82.4 Å². The molecule has 0 N–H and O–H groups in total. The SMILES string of the molecule is O=C1C=CC(=O)C(c2c([N+](=O)[O-])ccc3c2ccc2ccccc23)=C1. The van der Waals surface area contributed by atoms with Gasteiger partial charge in [-0.2, -0.15) is 0 Å². The zero-order chi connectivity index (χ0) is 17.6. The van der Waals surface area contributed by atoms with E-state index in [1.165, 1.54) is 12.1 Å². The molecule has 0 aromatic heterocycles. The summed E-state index contributed by atoms with van der Waals surface area (Å²) in [6, 6.07) is 14.4. The number of nitrogens with zero attached hydrogens (tertiary/aromatic N) is 1. The highest BCUT2D eigenvalue weighted by Crippen LogP contribution is 2.37. The Morgan fingerprint density at radius 3 is 2.36 bits per heavy atom. The molecule has 25 heavy (non-hydrogen) atoms. The second-order valence-electron chi connectivity index (χ2n) is 5.76. The predicted molar refractivity (Wildman–Crippen MR) is 95.2 cm³/mol. The van der Waals surface area contributed by atoms with Crippen molar-refractivity contribution in [3.8, 4) is 0 Å². The van der Waals surface area contributed by atoms with Crippen LogP contribution in [-0.2, 0) is 9.59 Å². The van der Waals surface area contributed by atoms with Crippen LogP contribution in [0.4, 0.5) is 5.69 Å². The van der Waals surface area contributed by atoms with Crippen LogP contribution in [-0.4, -0.2) is 16.5 Å². The van der Waals surface area contributed by atoms with E-state index in [-0.39, 0.29) is 22.6 Å². The Bertz CT molecular complexity index is 1160. The molecule has 120 valence electrons. The van der Waals surface area contributed by atoms with Crippen LogP contribution < -0.4 is 0 Å². The molecule has 3 aromatic rings. The second kappa shape index (κ2) is 5.49. The van der Waals surface area contributed by atoms with Gasteiger partial charge < -0.3 is 0 Å². The predicted octanol–water partition coefficient (Wildman–Crippen LogP) is 3.99. The number of carbonyl (C=O) groups excluding carboxylic acids is 2. The van der Waals surface area contributed by atoms with Crippen LogP contribution in [0.3, 0.4) is 0 Å². The van der Waals surface area contributed by atoms with Gasteiger partial charge in [-0.05, 0) is 45.8 Å². The summed E-state index contributed by atoms with van der Waals surface area (Å²) < 4.78 is 0. The minimum atomic E-state index is -0.527. The number of ketones is 2. The number of hydrogen-bond donors (Lipinski definition) is 0. The summed E-state index contributed by atoms with van der Waals surface area (Å²) in [7, 11) is 0. The fourth-order valence-electron chi connectivity index (χ4n) is 3.22. The van der Waals surface area contributed by atoms with Crippen molar-refractivity contribution < 1.29 is 14.5 Å². The van der Waals surface area contributed by atoms with Gasteiger partial charge in [0.25, 0.3) is 5.69 Å². The fourth-order valence-corrected chi connectivity index (χ4v) is 3.22. The highest BCUT2D eigenvalue weighted by molar-refractivity contribution is 6.36. The number of carbonyl (C=O) groups is 2. The molecule has 0 unspecified atom stereocenters. The van der Waals surface area contributed by atoms with Crippen LogP contribution in [0.1, 0.15) is 5.56 Å². The van der Waals surface area contributed by atoms with Crippen molar-refractivity contribution in [1.82, 2.24) is 0 Å². The third kappa shape index (κ3) is 2.33. The third-order valence-corrected chi connectivity index (χ3v) is 4.32. The topological polar surface area (TPSA) is 77.3 Å². The fraction of sp³-hybridized carbons (Fsp3) is 0. The summed E-state index contributed by atoms with van der Waals surface area (Å²) >= 11 is 0. The van der Waals surface area contributed by atoms with E-state index in [0.717, 1.165) is 28.3 Å². The van der Waals surface area contributed by atoms with Crippen LogP contribution in [0.25, 0.3) is 27.1 Å². The van der Waals surface area contributed by atoms with Crippen molar-refractivity contribution in [1.29, 1.82) is 0 Å². The summed E-state index contributed by atoms with van der Waals surface area (Å²) in [5.41, 5.74) is 0.0570. The smallest absolute Gasteiger partial charge is 0.277 e. The number of fused-ring (bicyclic) bond motifs is 3. The molecular formula is C20H11NO4. The van der Waals surface area contributed by atoms with E-state index in [0.29, 0.717) is 5.39 Å². The van der Waals surface area contributed by atoms with E-state index in [4.69, 9.17) is 0 Å². The third-order valence-electron chi connectivity index (χ3n) is 4.32. The molecule has 0 saturated carbocycles. The van der Waals surface area contributed by atoms with Gasteiger partial charge in [0.15, 0.2) is 11.6 Å². The molecule has 1 aliphatic carbocycles. The van der Waals surface area contributed by atoms with E-state index >= 15 is 0 Å². The van der Waals surface area contributed by atoms with Gasteiger partial charge in [-0.25, -0.2) is 0 Å². The highest BCUT2D eigenvalue weighted by atomic mass is 16.6. The summed E-state index contributed by atoms with van der Waals surface area (Å²) in [6.45, 7) is 0. The maximum Gasteiger partial charge on any atom is 0.277 e. The molecule has 3 aromatic carbocycles. The van der Waals surface area contributed by atoms with Gasteiger partial charge in [-0.1, -0.05) is 36.4 Å². The normalized spacial score (nSPS) is 14.2. The zero-order valence-electron chi connectivity index (χ0n) is 12.9. The summed E-state index contributed by atoms with van der Waals surface area (Å²) in [4.78, 5) is 35.0. The van der Waals surface area contributed by atoms with E-state index < -0.39 is 10.7 Å². The Balaban J connectivity index is 2.15. The molecule has 5 heteroatoms. The van der Waals surface area contributed by atoms with Gasteiger partial charge >= 0.3 is 0 Å². The largest absolute Gasteiger partial charge is 0.290 e. The van der Waals surface area contributed by atoms with Crippen LogP contribution in [0.5, 0.6) is 0 Å². The molecule has 0 heterocycles. The summed E-state index contributed by atoms with van der Waals surface area (Å²) in [5, 5.41) is 14.8. The molecular weight excluding hydrogens is 318 g/mol. The molecule has 0 spiro atoms. The number of nitro groups is 1. The zero-order valence-corrected chi connectivity index (χ0v) is 12.9. The van der Waals surface area contributed by atoms with Gasteiger partial charge in [0.05, 0.1) is 10.5 Å². The molecule has 0 radical (unpaired) electrons. The van der Waals surface area contributed by atoms with E-state index in [1.54, 1.807) is 12.1 Å². The first-order valence-electron chi connectivity index (χ1n) is 7.63. The number of benzene rings is 3. The monoisotopic (exact) mass is 329 g/mol. The lowest BCUT2D eigenvalue weighted by molar-refractivity contribution is -0.385. The summed E-state index contributed by atoms with van der Waals surface area (Å²) in [6.07, 6.45) is 3.48. The number of allylic oxidation sites excluding steroid dienone is 4. The quantitative estimate of drug-likeness (QED) is 0.308. The first kappa shape index (κ1) is 15.0. The summed E-state index contributed by atoms with van der Waals surface area (Å²) in [5.74, 6) is -0.773. The Morgan fingerprint density at radius 1 is 0.800 bits per heavy atom. The molecule has 0 amide bonds. The molecule has 0 atom stereocenters. The maximum absolute atomic E-state index is 12.3. The molecule has 1 aliphatic rings. The number of hydrogen-bond acceptors (Lipinski definition) is 4. The van der Waals surface area contributed by atoms with Gasteiger partial charge in [0.1, 0.15) is 0 Å². The van der Waals surface area contributed by atoms with Gasteiger partial charge in [-0.3, -0.25) is 19.7 Å². The van der Waals surface area contributed by atoms with Crippen molar-refractivity contribution in [2.75, 3.05) is 0 Å². The first-order chi connectivity index (χ1) is 12.1. The van der Waals surface area contributed by atoms with E-state index in [9.17, 15) is 19.7 Å². The minimum Gasteiger partial charge on any atom is -0.290 e. The standard InChI is InChI=1S/C20H11NO4/c22-13-6-10-19(23)17(11-13)20-16-7-5-12-3-1-2-4-14(12)15(16)8-9-18(20)21(24)25/h1-11H. The molecule has 0 fully saturated rings. The van der Waals surface area contributed by atoms with Crippen LogP contribution >= 0.6 is 0 Å². The molecule has 5 nitrogen and oxygen atoms in total. The number of rotatable bonds is 2. The van der Waals surface area contributed by atoms with Crippen LogP contribution in [0.15, 0.2) is 66.8 Å². The average molecular weight is 329 g/mol. The van der Waals surface area contributed by atoms with Crippen molar-refractivity contribution in [3.63, 3.8) is 0 Å². The molecule has 0 saturated heterocycles. The highest BCUT2D eigenvalue weighted by Gasteiger charge is 2.26. The average Bonchev–Trinajstić information content (AvgIpc) is 2.62. The first-order valence-corrected chi connectivity index (χ1v) is 7.63. The molecule has 4 rings (SSSR count). The van der Waals surface area contributed by atoms with Crippen molar-refractivity contribution in [2.45, 2.75) is 0 Å². The van der Waals surface area contributed by atoms with Crippen LogP contribution in [0.2, 0.25) is 0 Å². The second-order valence-corrected chi connectivity index (χ2v) is 5.76. The van der Waals surface area contributed by atoms with Crippen molar-refractivity contribution >= 4 is 44.4 Å². The Morgan fingerprint density at radius 2 is 1.56 bits per heavy atom. The van der Waals surface area contributed by atoms with Gasteiger partial charge in [0.2, 0.25) is 0 Å². The van der Waals surface area contributed by atoms with Gasteiger partial charge in [-0.15, -0.1) is 0 Å².